The molecular formula is C14H15Cl2NO2. The number of hydrogen-bond acceptors (Lipinski definition) is 2. The molecule has 19 heavy (non-hydrogen) atoms. The Bertz CT molecular complexity index is 502. The Morgan fingerprint density at radius 1 is 1.47 bits per heavy atom. The molecule has 1 amide bonds. The summed E-state index contributed by atoms with van der Waals surface area (Å²) in [6, 6.07) is 5.19. The molecule has 1 aliphatic rings. The van der Waals surface area contributed by atoms with Crippen LogP contribution in [0.5, 0.6) is 0 Å². The van der Waals surface area contributed by atoms with Crippen LogP contribution in [0.1, 0.15) is 12.0 Å². The van der Waals surface area contributed by atoms with Gasteiger partial charge in [-0.15, -0.1) is 0 Å². The lowest BCUT2D eigenvalue weighted by atomic mass is 10.2. The van der Waals surface area contributed by atoms with E-state index < -0.39 is 0 Å². The van der Waals surface area contributed by atoms with Gasteiger partial charge in [-0.1, -0.05) is 29.3 Å². The van der Waals surface area contributed by atoms with Crippen LogP contribution >= 0.6 is 23.2 Å². The molecule has 0 N–H and O–H groups in total. The molecule has 1 saturated heterocycles. The van der Waals surface area contributed by atoms with Crippen molar-refractivity contribution in [3.63, 3.8) is 0 Å². The minimum Gasteiger partial charge on any atom is -0.380 e. The first-order chi connectivity index (χ1) is 9.10. The zero-order valence-electron chi connectivity index (χ0n) is 10.6. The van der Waals surface area contributed by atoms with Crippen LogP contribution in [0.4, 0.5) is 0 Å². The van der Waals surface area contributed by atoms with Gasteiger partial charge in [0.1, 0.15) is 0 Å². The second kappa shape index (κ2) is 6.42. The van der Waals surface area contributed by atoms with E-state index in [0.717, 1.165) is 18.5 Å². The van der Waals surface area contributed by atoms with Crippen molar-refractivity contribution in [2.75, 3.05) is 20.2 Å². The summed E-state index contributed by atoms with van der Waals surface area (Å²) in [6.45, 7) is 1.38. The third-order valence-electron chi connectivity index (χ3n) is 3.16. The first-order valence-electron chi connectivity index (χ1n) is 6.05. The van der Waals surface area contributed by atoms with Gasteiger partial charge in [0.2, 0.25) is 5.91 Å². The normalized spacial score (nSPS) is 19.3. The summed E-state index contributed by atoms with van der Waals surface area (Å²) in [4.78, 5) is 13.7. The van der Waals surface area contributed by atoms with E-state index in [0.29, 0.717) is 16.6 Å². The number of ether oxygens (including phenoxy) is 1. The van der Waals surface area contributed by atoms with Gasteiger partial charge in [0, 0.05) is 36.3 Å². The predicted octanol–water partition coefficient (Wildman–Crippen LogP) is 3.25. The van der Waals surface area contributed by atoms with Crippen LogP contribution in [0.3, 0.4) is 0 Å². The van der Waals surface area contributed by atoms with Gasteiger partial charge >= 0.3 is 0 Å². The Morgan fingerprint density at radius 2 is 2.26 bits per heavy atom. The maximum atomic E-state index is 12.0. The van der Waals surface area contributed by atoms with Crippen molar-refractivity contribution in [3.8, 4) is 0 Å². The fourth-order valence-electron chi connectivity index (χ4n) is 2.02. The van der Waals surface area contributed by atoms with E-state index in [4.69, 9.17) is 27.9 Å². The van der Waals surface area contributed by atoms with E-state index in [9.17, 15) is 4.79 Å². The SMILES string of the molecule is COC1CCN(C(=O)/C=C/c2ccc(Cl)cc2Cl)C1. The number of rotatable bonds is 3. The summed E-state index contributed by atoms with van der Waals surface area (Å²) in [5, 5.41) is 1.11. The summed E-state index contributed by atoms with van der Waals surface area (Å²) >= 11 is 11.9. The highest BCUT2D eigenvalue weighted by Gasteiger charge is 2.24. The van der Waals surface area contributed by atoms with Gasteiger partial charge in [0.15, 0.2) is 0 Å². The number of carbonyl (C=O) groups excluding carboxylic acids is 1. The predicted molar refractivity (Wildman–Crippen MR) is 77.5 cm³/mol. The summed E-state index contributed by atoms with van der Waals surface area (Å²) < 4.78 is 5.23. The molecule has 0 saturated carbocycles. The summed E-state index contributed by atoms with van der Waals surface area (Å²) in [7, 11) is 1.67. The summed E-state index contributed by atoms with van der Waals surface area (Å²) in [5.74, 6) is -0.0226. The number of amides is 1. The number of likely N-dealkylation sites (tertiary alicyclic amines) is 1. The molecule has 0 spiro atoms. The number of carbonyl (C=O) groups is 1. The Labute approximate surface area is 122 Å². The number of halogens is 2. The minimum atomic E-state index is -0.0226. The lowest BCUT2D eigenvalue weighted by Crippen LogP contribution is -2.28. The summed E-state index contributed by atoms with van der Waals surface area (Å²) in [6.07, 6.45) is 4.28. The third-order valence-corrected chi connectivity index (χ3v) is 3.72. The van der Waals surface area contributed by atoms with Crippen molar-refractivity contribution in [1.82, 2.24) is 4.90 Å². The van der Waals surface area contributed by atoms with Gasteiger partial charge < -0.3 is 9.64 Å². The lowest BCUT2D eigenvalue weighted by molar-refractivity contribution is -0.125. The van der Waals surface area contributed by atoms with Gasteiger partial charge in [-0.25, -0.2) is 0 Å². The van der Waals surface area contributed by atoms with Gasteiger partial charge in [-0.3, -0.25) is 4.79 Å². The van der Waals surface area contributed by atoms with Crippen LogP contribution in [0, 0.1) is 0 Å². The van der Waals surface area contributed by atoms with Crippen LogP contribution in [-0.2, 0) is 9.53 Å². The molecule has 5 heteroatoms. The minimum absolute atomic E-state index is 0.0226. The van der Waals surface area contributed by atoms with E-state index in [1.165, 1.54) is 6.08 Å². The van der Waals surface area contributed by atoms with Crippen LogP contribution in [-0.4, -0.2) is 37.1 Å². The molecule has 1 fully saturated rings. The highest BCUT2D eigenvalue weighted by Crippen LogP contribution is 2.22. The van der Waals surface area contributed by atoms with Crippen molar-refractivity contribution >= 4 is 35.2 Å². The molecule has 1 aliphatic heterocycles. The number of benzene rings is 1. The fourth-order valence-corrected chi connectivity index (χ4v) is 2.50. The Hall–Kier alpha value is -1.03. The molecule has 1 aromatic carbocycles. The second-order valence-electron chi connectivity index (χ2n) is 4.43. The zero-order valence-corrected chi connectivity index (χ0v) is 12.1. The molecule has 1 unspecified atom stereocenters. The average molecular weight is 300 g/mol. The van der Waals surface area contributed by atoms with Crippen LogP contribution in [0.15, 0.2) is 24.3 Å². The van der Waals surface area contributed by atoms with E-state index in [1.807, 2.05) is 0 Å². The molecule has 1 heterocycles. The molecule has 0 aromatic heterocycles. The molecule has 102 valence electrons. The van der Waals surface area contributed by atoms with Gasteiger partial charge in [-0.2, -0.15) is 0 Å². The van der Waals surface area contributed by atoms with Gasteiger partial charge in [0.05, 0.1) is 6.10 Å². The average Bonchev–Trinajstić information content (AvgIpc) is 2.86. The first-order valence-corrected chi connectivity index (χ1v) is 6.80. The van der Waals surface area contributed by atoms with Crippen molar-refractivity contribution in [1.29, 1.82) is 0 Å². The van der Waals surface area contributed by atoms with Crippen molar-refractivity contribution < 1.29 is 9.53 Å². The molecule has 1 atom stereocenters. The Morgan fingerprint density at radius 3 is 2.89 bits per heavy atom. The smallest absolute Gasteiger partial charge is 0.246 e. The Balaban J connectivity index is 2.00. The van der Waals surface area contributed by atoms with Crippen LogP contribution in [0.2, 0.25) is 10.0 Å². The maximum absolute atomic E-state index is 12.0. The summed E-state index contributed by atoms with van der Waals surface area (Å²) in [5.41, 5.74) is 0.780. The molecule has 0 aliphatic carbocycles. The van der Waals surface area contributed by atoms with Crippen molar-refractivity contribution in [2.24, 2.45) is 0 Å². The molecule has 2 rings (SSSR count). The van der Waals surface area contributed by atoms with E-state index in [-0.39, 0.29) is 12.0 Å². The Kier molecular flexibility index (Phi) is 4.86. The van der Waals surface area contributed by atoms with Crippen LogP contribution < -0.4 is 0 Å². The topological polar surface area (TPSA) is 29.5 Å². The third kappa shape index (κ3) is 3.72. The quantitative estimate of drug-likeness (QED) is 0.802. The van der Waals surface area contributed by atoms with E-state index in [2.05, 4.69) is 0 Å². The number of methoxy groups -OCH3 is 1. The molecule has 0 radical (unpaired) electrons. The molecule has 3 nitrogen and oxygen atoms in total. The van der Waals surface area contributed by atoms with Crippen molar-refractivity contribution in [2.45, 2.75) is 12.5 Å². The first kappa shape index (κ1) is 14.4. The number of nitrogens with zero attached hydrogens (tertiary/aromatic N) is 1. The van der Waals surface area contributed by atoms with Crippen LogP contribution in [0.25, 0.3) is 6.08 Å². The fraction of sp³-hybridized carbons (Fsp3) is 0.357. The largest absolute Gasteiger partial charge is 0.380 e. The molecule has 0 bridgehead atoms. The molecule has 1 aromatic rings. The van der Waals surface area contributed by atoms with Crippen molar-refractivity contribution in [3.05, 3.63) is 39.9 Å². The highest BCUT2D eigenvalue weighted by atomic mass is 35.5. The van der Waals surface area contributed by atoms with Gasteiger partial charge in [0.25, 0.3) is 0 Å². The highest BCUT2D eigenvalue weighted by molar-refractivity contribution is 6.35. The standard InChI is InChI=1S/C14H15Cl2NO2/c1-19-12-6-7-17(9-12)14(18)5-3-10-2-4-11(15)8-13(10)16/h2-5,8,12H,6-7,9H2,1H3/b5-3+. The monoisotopic (exact) mass is 299 g/mol. The zero-order chi connectivity index (χ0) is 13.8. The van der Waals surface area contributed by atoms with E-state index >= 15 is 0 Å². The van der Waals surface area contributed by atoms with Gasteiger partial charge in [-0.05, 0) is 30.2 Å². The lowest BCUT2D eigenvalue weighted by Gasteiger charge is -2.13. The second-order valence-corrected chi connectivity index (χ2v) is 5.27. The van der Waals surface area contributed by atoms with E-state index in [1.54, 1.807) is 36.3 Å². The number of hydrogen-bond donors (Lipinski definition) is 0. The molecular weight excluding hydrogens is 285 g/mol. The maximum Gasteiger partial charge on any atom is 0.246 e.